The molecule has 1 heterocycles. The Morgan fingerprint density at radius 1 is 1.30 bits per heavy atom. The van der Waals surface area contributed by atoms with E-state index in [2.05, 4.69) is 10.4 Å². The van der Waals surface area contributed by atoms with Gasteiger partial charge in [0.2, 0.25) is 0 Å². The van der Waals surface area contributed by atoms with Crippen molar-refractivity contribution in [1.29, 1.82) is 0 Å². The van der Waals surface area contributed by atoms with Crippen molar-refractivity contribution in [3.63, 3.8) is 0 Å². The first kappa shape index (κ1) is 14.0. The highest BCUT2D eigenvalue weighted by atomic mass is 16.2. The first-order valence-corrected chi connectivity index (χ1v) is 6.55. The Kier molecular flexibility index (Phi) is 4.30. The number of aromatic nitrogens is 2. The second kappa shape index (κ2) is 6.14. The van der Waals surface area contributed by atoms with Gasteiger partial charge in [-0.05, 0) is 19.1 Å². The highest BCUT2D eigenvalue weighted by molar-refractivity contribution is 5.97. The number of carbonyl (C=O) groups is 2. The smallest absolute Gasteiger partial charge is 0.255 e. The number of hydrogen-bond donors (Lipinski definition) is 1. The minimum atomic E-state index is -0.479. The van der Waals surface area contributed by atoms with Crippen molar-refractivity contribution in [2.45, 2.75) is 26.3 Å². The minimum Gasteiger partial charge on any atom is -0.342 e. The van der Waals surface area contributed by atoms with Crippen LogP contribution in [0.25, 0.3) is 5.69 Å². The molecule has 0 aliphatic carbocycles. The van der Waals surface area contributed by atoms with E-state index in [1.54, 1.807) is 24.7 Å². The number of benzene rings is 1. The molecule has 0 bridgehead atoms. The fourth-order valence-corrected chi connectivity index (χ4v) is 1.83. The van der Waals surface area contributed by atoms with E-state index in [9.17, 15) is 9.59 Å². The van der Waals surface area contributed by atoms with Gasteiger partial charge in [0.25, 0.3) is 5.91 Å². The molecule has 0 aliphatic heterocycles. The van der Waals surface area contributed by atoms with Crippen LogP contribution in [0, 0.1) is 0 Å². The van der Waals surface area contributed by atoms with Crippen LogP contribution in [0.3, 0.4) is 0 Å². The maximum atomic E-state index is 12.0. The summed E-state index contributed by atoms with van der Waals surface area (Å²) >= 11 is 0. The molecule has 0 saturated carbocycles. The molecule has 1 atom stereocenters. The summed E-state index contributed by atoms with van der Waals surface area (Å²) in [5.41, 5.74) is 1.31. The topological polar surface area (TPSA) is 64.0 Å². The predicted molar refractivity (Wildman–Crippen MR) is 75.8 cm³/mol. The molecule has 2 rings (SSSR count). The summed E-state index contributed by atoms with van der Waals surface area (Å²) in [4.78, 5) is 23.5. The average molecular weight is 271 g/mol. The lowest BCUT2D eigenvalue weighted by atomic mass is 10.1. The zero-order chi connectivity index (χ0) is 14.5. The van der Waals surface area contributed by atoms with Crippen molar-refractivity contribution in [3.8, 4) is 5.69 Å². The lowest BCUT2D eigenvalue weighted by Crippen LogP contribution is -2.38. The van der Waals surface area contributed by atoms with Gasteiger partial charge in [-0.15, -0.1) is 0 Å². The molecule has 1 aromatic carbocycles. The van der Waals surface area contributed by atoms with E-state index in [-0.39, 0.29) is 11.7 Å². The van der Waals surface area contributed by atoms with Gasteiger partial charge in [-0.1, -0.05) is 25.1 Å². The molecule has 5 heteroatoms. The summed E-state index contributed by atoms with van der Waals surface area (Å²) < 4.78 is 1.63. The Morgan fingerprint density at radius 3 is 2.65 bits per heavy atom. The number of Topliss-reactive ketones (excluding diaryl/α,β-unsaturated/α-hetero) is 1. The van der Waals surface area contributed by atoms with Gasteiger partial charge in [0.05, 0.1) is 23.5 Å². The number of hydrogen-bond acceptors (Lipinski definition) is 3. The van der Waals surface area contributed by atoms with Crippen LogP contribution in [0.5, 0.6) is 0 Å². The summed E-state index contributed by atoms with van der Waals surface area (Å²) in [5.74, 6) is -0.282. The summed E-state index contributed by atoms with van der Waals surface area (Å²) in [6, 6.07) is 9.04. The van der Waals surface area contributed by atoms with E-state index in [1.165, 1.54) is 6.20 Å². The number of amides is 1. The molecule has 0 saturated heterocycles. The van der Waals surface area contributed by atoms with Crippen LogP contribution in [0.1, 0.15) is 30.6 Å². The molecule has 0 fully saturated rings. The van der Waals surface area contributed by atoms with Gasteiger partial charge in [0.15, 0.2) is 5.78 Å². The Bertz CT molecular complexity index is 605. The van der Waals surface area contributed by atoms with Crippen molar-refractivity contribution in [2.75, 3.05) is 0 Å². The van der Waals surface area contributed by atoms with E-state index in [1.807, 2.05) is 30.3 Å². The largest absolute Gasteiger partial charge is 0.342 e. The van der Waals surface area contributed by atoms with Crippen molar-refractivity contribution in [2.24, 2.45) is 0 Å². The van der Waals surface area contributed by atoms with Gasteiger partial charge in [0, 0.05) is 12.6 Å². The van der Waals surface area contributed by atoms with Crippen LogP contribution < -0.4 is 5.32 Å². The lowest BCUT2D eigenvalue weighted by molar-refractivity contribution is -0.120. The molecule has 1 N–H and O–H groups in total. The molecular formula is C15H17N3O2. The molecule has 2 aromatic rings. The molecule has 5 nitrogen and oxygen atoms in total. The highest BCUT2D eigenvalue weighted by Crippen LogP contribution is 2.07. The number of para-hydroxylation sites is 1. The third kappa shape index (κ3) is 3.12. The number of rotatable bonds is 5. The van der Waals surface area contributed by atoms with E-state index < -0.39 is 6.04 Å². The molecule has 0 aliphatic rings. The summed E-state index contributed by atoms with van der Waals surface area (Å²) in [6.07, 6.45) is 3.55. The van der Waals surface area contributed by atoms with Gasteiger partial charge in [-0.2, -0.15) is 5.10 Å². The van der Waals surface area contributed by atoms with E-state index in [0.29, 0.717) is 12.0 Å². The quantitative estimate of drug-likeness (QED) is 0.904. The van der Waals surface area contributed by atoms with Crippen LogP contribution in [-0.4, -0.2) is 27.5 Å². The second-order valence-electron chi connectivity index (χ2n) is 4.52. The Labute approximate surface area is 117 Å². The molecule has 1 amide bonds. The maximum Gasteiger partial charge on any atom is 0.255 e. The Morgan fingerprint density at radius 2 is 2.00 bits per heavy atom. The highest BCUT2D eigenvalue weighted by Gasteiger charge is 2.16. The average Bonchev–Trinajstić information content (AvgIpc) is 2.97. The lowest BCUT2D eigenvalue weighted by Gasteiger charge is -2.10. The summed E-state index contributed by atoms with van der Waals surface area (Å²) in [6.45, 7) is 3.46. The first-order chi connectivity index (χ1) is 9.61. The summed E-state index contributed by atoms with van der Waals surface area (Å²) in [7, 11) is 0. The van der Waals surface area contributed by atoms with Gasteiger partial charge >= 0.3 is 0 Å². The molecule has 104 valence electrons. The van der Waals surface area contributed by atoms with Crippen LogP contribution in [0.15, 0.2) is 42.7 Å². The molecule has 20 heavy (non-hydrogen) atoms. The zero-order valence-corrected chi connectivity index (χ0v) is 11.5. The first-order valence-electron chi connectivity index (χ1n) is 6.55. The van der Waals surface area contributed by atoms with Crippen LogP contribution in [-0.2, 0) is 4.79 Å². The summed E-state index contributed by atoms with van der Waals surface area (Å²) in [5, 5.41) is 6.82. The predicted octanol–water partition coefficient (Wildman–Crippen LogP) is 1.97. The normalized spacial score (nSPS) is 11.9. The van der Waals surface area contributed by atoms with Crippen LogP contribution >= 0.6 is 0 Å². The van der Waals surface area contributed by atoms with Crippen LogP contribution in [0.2, 0.25) is 0 Å². The minimum absolute atomic E-state index is 0.00815. The van der Waals surface area contributed by atoms with Gasteiger partial charge in [-0.3, -0.25) is 9.59 Å². The Hall–Kier alpha value is -2.43. The third-order valence-electron chi connectivity index (χ3n) is 3.04. The molecule has 0 spiro atoms. The number of ketones is 1. The van der Waals surface area contributed by atoms with Crippen molar-refractivity contribution < 1.29 is 9.59 Å². The van der Waals surface area contributed by atoms with Gasteiger partial charge in [-0.25, -0.2) is 4.68 Å². The number of nitrogens with one attached hydrogen (secondary N) is 1. The Balaban J connectivity index is 2.09. The molecular weight excluding hydrogens is 254 g/mol. The number of carbonyl (C=O) groups excluding carboxylic acids is 2. The van der Waals surface area contributed by atoms with Crippen molar-refractivity contribution in [3.05, 3.63) is 48.3 Å². The SMILES string of the molecule is CCC(=O)C(C)NC(=O)c1cnn(-c2ccccc2)c1. The molecule has 1 unspecified atom stereocenters. The van der Waals surface area contributed by atoms with E-state index in [0.717, 1.165) is 5.69 Å². The fourth-order valence-electron chi connectivity index (χ4n) is 1.83. The molecule has 0 radical (unpaired) electrons. The second-order valence-corrected chi connectivity index (χ2v) is 4.52. The van der Waals surface area contributed by atoms with Gasteiger partial charge < -0.3 is 5.32 Å². The van der Waals surface area contributed by atoms with Crippen molar-refractivity contribution in [1.82, 2.24) is 15.1 Å². The van der Waals surface area contributed by atoms with Gasteiger partial charge in [0.1, 0.15) is 0 Å². The number of nitrogens with zero attached hydrogens (tertiary/aromatic N) is 2. The van der Waals surface area contributed by atoms with E-state index in [4.69, 9.17) is 0 Å². The molecule has 1 aromatic heterocycles. The monoisotopic (exact) mass is 271 g/mol. The van der Waals surface area contributed by atoms with E-state index >= 15 is 0 Å². The third-order valence-corrected chi connectivity index (χ3v) is 3.04. The standard InChI is InChI=1S/C15H17N3O2/c1-3-14(19)11(2)17-15(20)12-9-16-18(10-12)13-7-5-4-6-8-13/h4-11H,3H2,1-2H3,(H,17,20). The fraction of sp³-hybridized carbons (Fsp3) is 0.267. The van der Waals surface area contributed by atoms with Crippen molar-refractivity contribution >= 4 is 11.7 Å². The van der Waals surface area contributed by atoms with Crippen LogP contribution in [0.4, 0.5) is 0 Å². The maximum absolute atomic E-state index is 12.0. The zero-order valence-electron chi connectivity index (χ0n) is 11.5.